The zero-order valence-electron chi connectivity index (χ0n) is 8.64. The highest BCUT2D eigenvalue weighted by Crippen LogP contribution is 2.31. The largest absolute Gasteiger partial charge is 0.476 e. The van der Waals surface area contributed by atoms with Crippen LogP contribution in [0.3, 0.4) is 0 Å². The van der Waals surface area contributed by atoms with Crippen LogP contribution in [0.1, 0.15) is 36.7 Å². The monoisotopic (exact) mass is 210 g/mol. The molecule has 0 aliphatic heterocycles. The van der Waals surface area contributed by atoms with Crippen molar-refractivity contribution in [2.75, 3.05) is 11.4 Å². The highest BCUT2D eigenvalue weighted by Gasteiger charge is 2.31. The van der Waals surface area contributed by atoms with Crippen LogP contribution in [0.15, 0.2) is 10.7 Å². The molecule has 1 saturated carbocycles. The minimum absolute atomic E-state index is 0.0215. The fourth-order valence-electron chi connectivity index (χ4n) is 1.56. The zero-order chi connectivity index (χ0) is 10.8. The maximum Gasteiger partial charge on any atom is 0.357 e. The molecule has 82 valence electrons. The van der Waals surface area contributed by atoms with Crippen molar-refractivity contribution in [2.24, 2.45) is 0 Å². The van der Waals surface area contributed by atoms with Crippen LogP contribution in [-0.2, 0) is 0 Å². The number of oxazole rings is 1. The maximum absolute atomic E-state index is 10.6. The van der Waals surface area contributed by atoms with Crippen LogP contribution in [0.2, 0.25) is 0 Å². The van der Waals surface area contributed by atoms with E-state index in [4.69, 9.17) is 9.52 Å². The van der Waals surface area contributed by atoms with Crippen LogP contribution in [0.4, 0.5) is 6.01 Å². The van der Waals surface area contributed by atoms with Crippen molar-refractivity contribution in [1.29, 1.82) is 0 Å². The molecule has 1 aliphatic rings. The first-order valence-electron chi connectivity index (χ1n) is 5.18. The van der Waals surface area contributed by atoms with E-state index in [-0.39, 0.29) is 5.69 Å². The van der Waals surface area contributed by atoms with Crippen molar-refractivity contribution in [3.63, 3.8) is 0 Å². The zero-order valence-corrected chi connectivity index (χ0v) is 8.64. The Balaban J connectivity index is 2.14. The van der Waals surface area contributed by atoms with Gasteiger partial charge in [0.1, 0.15) is 6.26 Å². The number of carbonyl (C=O) groups is 1. The summed E-state index contributed by atoms with van der Waals surface area (Å²) in [6.45, 7) is 2.95. The lowest BCUT2D eigenvalue weighted by Gasteiger charge is -2.18. The molecule has 0 spiro atoms. The van der Waals surface area contributed by atoms with Crippen LogP contribution in [-0.4, -0.2) is 28.6 Å². The maximum atomic E-state index is 10.6. The number of hydrogen-bond donors (Lipinski definition) is 1. The Hall–Kier alpha value is -1.52. The van der Waals surface area contributed by atoms with E-state index in [1.165, 1.54) is 6.26 Å². The minimum Gasteiger partial charge on any atom is -0.476 e. The summed E-state index contributed by atoms with van der Waals surface area (Å²) in [5.41, 5.74) is -0.0215. The van der Waals surface area contributed by atoms with Gasteiger partial charge >= 0.3 is 5.97 Å². The van der Waals surface area contributed by atoms with Gasteiger partial charge in [0.05, 0.1) is 0 Å². The molecule has 0 atom stereocenters. The average Bonchev–Trinajstić information content (AvgIpc) is 2.91. The van der Waals surface area contributed by atoms with E-state index in [0.717, 1.165) is 25.8 Å². The first kappa shape index (κ1) is 10.0. The van der Waals surface area contributed by atoms with E-state index < -0.39 is 5.97 Å². The quantitative estimate of drug-likeness (QED) is 0.801. The average molecular weight is 210 g/mol. The standard InChI is InChI=1S/C10H14N2O3/c1-2-5-12(7-3-4-7)10-11-8(6-15-10)9(13)14/h6-7H,2-5H2,1H3,(H,13,14). The summed E-state index contributed by atoms with van der Waals surface area (Å²) in [6, 6.07) is 0.932. The van der Waals surface area contributed by atoms with Gasteiger partial charge in [0.2, 0.25) is 0 Å². The Labute approximate surface area is 87.7 Å². The van der Waals surface area contributed by atoms with Gasteiger partial charge in [-0.15, -0.1) is 0 Å². The summed E-state index contributed by atoms with van der Waals surface area (Å²) in [6.07, 6.45) is 4.49. The molecule has 1 aliphatic carbocycles. The molecule has 1 heterocycles. The summed E-state index contributed by atoms with van der Waals surface area (Å²) in [5, 5.41) is 8.72. The summed E-state index contributed by atoms with van der Waals surface area (Å²) in [7, 11) is 0. The molecule has 0 aromatic carbocycles. The fourth-order valence-corrected chi connectivity index (χ4v) is 1.56. The number of aromatic nitrogens is 1. The van der Waals surface area contributed by atoms with Gasteiger partial charge < -0.3 is 14.4 Å². The van der Waals surface area contributed by atoms with Crippen LogP contribution >= 0.6 is 0 Å². The van der Waals surface area contributed by atoms with Crippen molar-refractivity contribution in [3.8, 4) is 0 Å². The van der Waals surface area contributed by atoms with Crippen LogP contribution < -0.4 is 4.90 Å². The highest BCUT2D eigenvalue weighted by molar-refractivity contribution is 5.85. The molecule has 0 radical (unpaired) electrons. The Morgan fingerprint density at radius 3 is 2.93 bits per heavy atom. The SMILES string of the molecule is CCCN(c1nc(C(=O)O)co1)C1CC1. The number of hydrogen-bond acceptors (Lipinski definition) is 4. The summed E-state index contributed by atoms with van der Waals surface area (Å²) in [5.74, 6) is -1.04. The lowest BCUT2D eigenvalue weighted by Crippen LogP contribution is -2.26. The molecule has 15 heavy (non-hydrogen) atoms. The molecule has 1 N–H and O–H groups in total. The molecule has 0 saturated heterocycles. The predicted molar refractivity (Wildman–Crippen MR) is 54.1 cm³/mol. The van der Waals surface area contributed by atoms with E-state index >= 15 is 0 Å². The molecule has 5 nitrogen and oxygen atoms in total. The van der Waals surface area contributed by atoms with E-state index in [1.807, 2.05) is 4.90 Å². The van der Waals surface area contributed by atoms with Gasteiger partial charge in [0.15, 0.2) is 5.69 Å². The molecule has 1 aromatic heterocycles. The van der Waals surface area contributed by atoms with Gasteiger partial charge in [-0.2, -0.15) is 4.98 Å². The number of nitrogens with zero attached hydrogens (tertiary/aromatic N) is 2. The second-order valence-corrected chi connectivity index (χ2v) is 3.75. The molecule has 1 aromatic rings. The molecule has 1 fully saturated rings. The molecule has 2 rings (SSSR count). The second kappa shape index (κ2) is 3.92. The number of rotatable bonds is 5. The number of anilines is 1. The number of aromatic carboxylic acids is 1. The van der Waals surface area contributed by atoms with Crippen molar-refractivity contribution in [1.82, 2.24) is 4.98 Å². The van der Waals surface area contributed by atoms with Crippen molar-refractivity contribution in [2.45, 2.75) is 32.2 Å². The van der Waals surface area contributed by atoms with Gasteiger partial charge in [0.25, 0.3) is 6.01 Å². The molecule has 0 unspecified atom stereocenters. The van der Waals surface area contributed by atoms with Gasteiger partial charge in [0, 0.05) is 12.6 Å². The summed E-state index contributed by atoms with van der Waals surface area (Å²) >= 11 is 0. The third kappa shape index (κ3) is 2.11. The van der Waals surface area contributed by atoms with Gasteiger partial charge in [-0.3, -0.25) is 0 Å². The number of carboxylic acids is 1. The third-order valence-electron chi connectivity index (χ3n) is 2.41. The Morgan fingerprint density at radius 2 is 2.47 bits per heavy atom. The Kier molecular flexibility index (Phi) is 2.62. The fraction of sp³-hybridized carbons (Fsp3) is 0.600. The minimum atomic E-state index is -1.04. The molecular formula is C10H14N2O3. The van der Waals surface area contributed by atoms with Crippen molar-refractivity contribution in [3.05, 3.63) is 12.0 Å². The molecular weight excluding hydrogens is 196 g/mol. The van der Waals surface area contributed by atoms with Gasteiger partial charge in [-0.05, 0) is 19.3 Å². The first-order chi connectivity index (χ1) is 7.22. The van der Waals surface area contributed by atoms with E-state index in [0.29, 0.717) is 12.1 Å². The predicted octanol–water partition coefficient (Wildman–Crippen LogP) is 1.75. The van der Waals surface area contributed by atoms with Crippen molar-refractivity contribution < 1.29 is 14.3 Å². The molecule has 0 bridgehead atoms. The Bertz CT molecular complexity index is 357. The van der Waals surface area contributed by atoms with E-state index in [2.05, 4.69) is 11.9 Å². The van der Waals surface area contributed by atoms with E-state index in [1.54, 1.807) is 0 Å². The third-order valence-corrected chi connectivity index (χ3v) is 2.41. The van der Waals surface area contributed by atoms with Gasteiger partial charge in [-0.25, -0.2) is 4.79 Å². The van der Waals surface area contributed by atoms with Gasteiger partial charge in [-0.1, -0.05) is 6.92 Å². The van der Waals surface area contributed by atoms with Crippen molar-refractivity contribution >= 4 is 12.0 Å². The highest BCUT2D eigenvalue weighted by atomic mass is 16.4. The lowest BCUT2D eigenvalue weighted by atomic mass is 10.4. The summed E-state index contributed by atoms with van der Waals surface area (Å²) < 4.78 is 5.18. The topological polar surface area (TPSA) is 66.6 Å². The normalized spacial score (nSPS) is 15.3. The first-order valence-corrected chi connectivity index (χ1v) is 5.18. The lowest BCUT2D eigenvalue weighted by molar-refractivity contribution is 0.0690. The summed E-state index contributed by atoms with van der Waals surface area (Å²) in [4.78, 5) is 16.6. The van der Waals surface area contributed by atoms with Crippen LogP contribution in [0, 0.1) is 0 Å². The second-order valence-electron chi connectivity index (χ2n) is 3.75. The molecule has 0 amide bonds. The van der Waals surface area contributed by atoms with E-state index in [9.17, 15) is 4.79 Å². The Morgan fingerprint density at radius 1 is 1.73 bits per heavy atom. The molecule has 5 heteroatoms. The van der Waals surface area contributed by atoms with Crippen LogP contribution in [0.25, 0.3) is 0 Å². The number of carboxylic acid groups (broad SMARTS) is 1. The van der Waals surface area contributed by atoms with Crippen LogP contribution in [0.5, 0.6) is 0 Å². The smallest absolute Gasteiger partial charge is 0.357 e.